The topological polar surface area (TPSA) is 67.8 Å². The monoisotopic (exact) mass is 267 g/mol. The van der Waals surface area contributed by atoms with E-state index < -0.39 is 6.10 Å². The van der Waals surface area contributed by atoms with Gasteiger partial charge in [-0.25, -0.2) is 0 Å². The third-order valence-electron chi connectivity index (χ3n) is 2.59. The minimum atomic E-state index is -0.625. The van der Waals surface area contributed by atoms with Gasteiger partial charge in [-0.15, -0.1) is 0 Å². The van der Waals surface area contributed by atoms with Gasteiger partial charge in [0.05, 0.1) is 13.5 Å². The molecule has 0 unspecified atom stereocenters. The predicted octanol–water partition coefficient (Wildman–Crippen LogP) is 0.967. The van der Waals surface area contributed by atoms with Gasteiger partial charge in [-0.3, -0.25) is 4.79 Å². The van der Waals surface area contributed by atoms with E-state index in [0.29, 0.717) is 6.54 Å². The molecule has 19 heavy (non-hydrogen) atoms. The first-order valence-corrected chi connectivity index (χ1v) is 6.28. The van der Waals surface area contributed by atoms with Gasteiger partial charge < -0.3 is 19.9 Å². The molecule has 0 aliphatic rings. The van der Waals surface area contributed by atoms with Gasteiger partial charge in [-0.05, 0) is 19.1 Å². The first-order chi connectivity index (χ1) is 9.11. The zero-order valence-electron chi connectivity index (χ0n) is 11.3. The molecule has 0 spiro atoms. The number of ether oxygens (including phenoxy) is 2. The Morgan fingerprint density at radius 1 is 1.37 bits per heavy atom. The minimum Gasteiger partial charge on any atom is -0.491 e. The van der Waals surface area contributed by atoms with E-state index in [2.05, 4.69) is 10.1 Å². The molecule has 0 saturated carbocycles. The summed E-state index contributed by atoms with van der Waals surface area (Å²) in [5.74, 6) is 0.458. The Balaban J connectivity index is 2.17. The fourth-order valence-corrected chi connectivity index (χ4v) is 1.51. The molecular weight excluding hydrogens is 246 g/mol. The number of carbonyl (C=O) groups excluding carboxylic acids is 1. The lowest BCUT2D eigenvalue weighted by molar-refractivity contribution is -0.141. The summed E-state index contributed by atoms with van der Waals surface area (Å²) in [4.78, 5) is 11.0. The Kier molecular flexibility index (Phi) is 6.92. The lowest BCUT2D eigenvalue weighted by atomic mass is 10.2. The molecule has 5 heteroatoms. The molecule has 0 heterocycles. The molecule has 2 N–H and O–H groups in total. The molecule has 0 amide bonds. The predicted molar refractivity (Wildman–Crippen MR) is 72.0 cm³/mol. The number of carbonyl (C=O) groups is 1. The molecule has 0 saturated heterocycles. The summed E-state index contributed by atoms with van der Waals surface area (Å²) in [6.07, 6.45) is -0.344. The summed E-state index contributed by atoms with van der Waals surface area (Å²) in [7, 11) is 1.36. The zero-order valence-corrected chi connectivity index (χ0v) is 11.3. The molecule has 0 aromatic heterocycles. The molecule has 1 aromatic rings. The van der Waals surface area contributed by atoms with Gasteiger partial charge in [0, 0.05) is 12.6 Å². The molecule has 1 aromatic carbocycles. The maximum atomic E-state index is 11.0. The Labute approximate surface area is 113 Å². The van der Waals surface area contributed by atoms with E-state index in [4.69, 9.17) is 4.74 Å². The van der Waals surface area contributed by atoms with Crippen LogP contribution >= 0.6 is 0 Å². The molecule has 5 nitrogen and oxygen atoms in total. The highest BCUT2D eigenvalue weighted by Gasteiger charge is 2.11. The Morgan fingerprint density at radius 2 is 2.05 bits per heavy atom. The van der Waals surface area contributed by atoms with Crippen molar-refractivity contribution in [1.29, 1.82) is 0 Å². The van der Waals surface area contributed by atoms with Crippen molar-refractivity contribution in [2.45, 2.75) is 25.5 Å². The fraction of sp³-hybridized carbons (Fsp3) is 0.500. The van der Waals surface area contributed by atoms with Gasteiger partial charge in [0.1, 0.15) is 18.5 Å². The number of hydrogen-bond donors (Lipinski definition) is 2. The summed E-state index contributed by atoms with van der Waals surface area (Å²) in [5, 5.41) is 12.8. The van der Waals surface area contributed by atoms with Gasteiger partial charge in [-0.2, -0.15) is 0 Å². The van der Waals surface area contributed by atoms with E-state index in [1.807, 2.05) is 37.3 Å². The quantitative estimate of drug-likeness (QED) is 0.687. The standard InChI is InChI=1S/C14H21NO4/c1-11(8-14(17)18-2)15-9-12(16)10-19-13-6-4-3-5-7-13/h3-7,11-12,15-16H,8-10H2,1-2H3/t11-,12-/m0/s1. The van der Waals surface area contributed by atoms with E-state index in [9.17, 15) is 9.90 Å². The van der Waals surface area contributed by atoms with Crippen molar-refractivity contribution in [3.8, 4) is 5.75 Å². The highest BCUT2D eigenvalue weighted by Crippen LogP contribution is 2.08. The second-order valence-electron chi connectivity index (χ2n) is 4.37. The van der Waals surface area contributed by atoms with Crippen molar-refractivity contribution in [3.05, 3.63) is 30.3 Å². The van der Waals surface area contributed by atoms with E-state index in [-0.39, 0.29) is 25.0 Å². The smallest absolute Gasteiger partial charge is 0.307 e. The van der Waals surface area contributed by atoms with Gasteiger partial charge in [-0.1, -0.05) is 18.2 Å². The third-order valence-corrected chi connectivity index (χ3v) is 2.59. The van der Waals surface area contributed by atoms with Crippen molar-refractivity contribution >= 4 is 5.97 Å². The van der Waals surface area contributed by atoms with Crippen molar-refractivity contribution < 1.29 is 19.4 Å². The van der Waals surface area contributed by atoms with Crippen LogP contribution in [0.1, 0.15) is 13.3 Å². The highest BCUT2D eigenvalue weighted by atomic mass is 16.5. The van der Waals surface area contributed by atoms with Crippen LogP contribution < -0.4 is 10.1 Å². The molecule has 0 fully saturated rings. The SMILES string of the molecule is COC(=O)C[C@H](C)NC[C@H](O)COc1ccccc1. The Bertz CT molecular complexity index is 369. The average Bonchev–Trinajstić information content (AvgIpc) is 2.43. The number of aliphatic hydroxyl groups is 1. The number of aliphatic hydroxyl groups excluding tert-OH is 1. The summed E-state index contributed by atoms with van der Waals surface area (Å²) < 4.78 is 9.99. The number of nitrogens with one attached hydrogen (secondary N) is 1. The number of benzene rings is 1. The van der Waals surface area contributed by atoms with Crippen molar-refractivity contribution in [2.24, 2.45) is 0 Å². The molecule has 106 valence electrons. The molecule has 2 atom stereocenters. The van der Waals surface area contributed by atoms with Gasteiger partial charge in [0.2, 0.25) is 0 Å². The lowest BCUT2D eigenvalue weighted by Crippen LogP contribution is -2.37. The number of esters is 1. The fourth-order valence-electron chi connectivity index (χ4n) is 1.51. The maximum Gasteiger partial charge on any atom is 0.307 e. The van der Waals surface area contributed by atoms with E-state index in [1.54, 1.807) is 0 Å². The first kappa shape index (κ1) is 15.5. The van der Waals surface area contributed by atoms with Crippen LogP contribution in [-0.4, -0.2) is 43.5 Å². The van der Waals surface area contributed by atoms with Crippen LogP contribution in [0.5, 0.6) is 5.75 Å². The van der Waals surface area contributed by atoms with Crippen LogP contribution in [0.15, 0.2) is 30.3 Å². The number of methoxy groups -OCH3 is 1. The average molecular weight is 267 g/mol. The van der Waals surface area contributed by atoms with Crippen LogP contribution in [0.25, 0.3) is 0 Å². The van der Waals surface area contributed by atoms with Crippen LogP contribution in [0.4, 0.5) is 0 Å². The van der Waals surface area contributed by atoms with Crippen molar-refractivity contribution in [2.75, 3.05) is 20.3 Å². The second-order valence-corrected chi connectivity index (χ2v) is 4.37. The summed E-state index contributed by atoms with van der Waals surface area (Å²) in [5.41, 5.74) is 0. The van der Waals surface area contributed by atoms with E-state index >= 15 is 0 Å². The first-order valence-electron chi connectivity index (χ1n) is 6.28. The highest BCUT2D eigenvalue weighted by molar-refractivity contribution is 5.69. The summed E-state index contributed by atoms with van der Waals surface area (Å²) in [6.45, 7) is 2.44. The van der Waals surface area contributed by atoms with E-state index in [1.165, 1.54) is 7.11 Å². The number of rotatable bonds is 8. The number of para-hydroxylation sites is 1. The molecular formula is C14H21NO4. The summed E-state index contributed by atoms with van der Waals surface area (Å²) >= 11 is 0. The molecule has 1 rings (SSSR count). The Hall–Kier alpha value is -1.59. The van der Waals surface area contributed by atoms with E-state index in [0.717, 1.165) is 5.75 Å². The molecule has 0 aliphatic carbocycles. The zero-order chi connectivity index (χ0) is 14.1. The Morgan fingerprint density at radius 3 is 2.68 bits per heavy atom. The van der Waals surface area contributed by atoms with Crippen LogP contribution in [0.3, 0.4) is 0 Å². The van der Waals surface area contributed by atoms with Crippen molar-refractivity contribution in [1.82, 2.24) is 5.32 Å². The van der Waals surface area contributed by atoms with Crippen LogP contribution in [0.2, 0.25) is 0 Å². The lowest BCUT2D eigenvalue weighted by Gasteiger charge is -2.16. The summed E-state index contributed by atoms with van der Waals surface area (Å²) in [6, 6.07) is 9.27. The normalized spacial score (nSPS) is 13.6. The molecule has 0 radical (unpaired) electrons. The van der Waals surface area contributed by atoms with Gasteiger partial charge >= 0.3 is 5.97 Å². The maximum absolute atomic E-state index is 11.0. The minimum absolute atomic E-state index is 0.0428. The van der Waals surface area contributed by atoms with Crippen LogP contribution in [0, 0.1) is 0 Å². The third kappa shape index (κ3) is 6.79. The largest absolute Gasteiger partial charge is 0.491 e. The van der Waals surface area contributed by atoms with Crippen molar-refractivity contribution in [3.63, 3.8) is 0 Å². The molecule has 0 aliphatic heterocycles. The molecule has 0 bridgehead atoms. The number of hydrogen-bond acceptors (Lipinski definition) is 5. The second kappa shape index (κ2) is 8.50. The van der Waals surface area contributed by atoms with Gasteiger partial charge in [0.15, 0.2) is 0 Å². The van der Waals surface area contributed by atoms with Crippen LogP contribution in [-0.2, 0) is 9.53 Å². The van der Waals surface area contributed by atoms with Gasteiger partial charge in [0.25, 0.3) is 0 Å².